The number of nitrogen functional groups attached to an aromatic ring is 1. The third-order valence-electron chi connectivity index (χ3n) is 16.5. The van der Waals surface area contributed by atoms with Crippen molar-refractivity contribution in [2.75, 3.05) is 81.5 Å². The van der Waals surface area contributed by atoms with E-state index in [0.29, 0.717) is 22.4 Å². The molecule has 1 fully saturated rings. The van der Waals surface area contributed by atoms with Crippen LogP contribution in [0.5, 0.6) is 17.2 Å². The average Bonchev–Trinajstić information content (AvgIpc) is 0.918. The van der Waals surface area contributed by atoms with Gasteiger partial charge in [0.15, 0.2) is 0 Å². The number of hydrogen-bond donors (Lipinski definition) is 7. The second-order valence-corrected chi connectivity index (χ2v) is 40.9. The monoisotopic (exact) mass is 1750 g/mol. The Bertz CT molecular complexity index is 5420. The molecule has 114 heavy (non-hydrogen) atoms. The number of rotatable bonds is 35. The number of hydrogen-bond acceptors (Lipinski definition) is 34. The molecule has 0 radical (unpaired) electrons. The Kier molecular flexibility index (Phi) is 28.4. The summed E-state index contributed by atoms with van der Waals surface area (Å²) in [6.07, 6.45) is 4.58. The van der Waals surface area contributed by atoms with Gasteiger partial charge in [0.2, 0.25) is 5.91 Å². The van der Waals surface area contributed by atoms with E-state index in [1.807, 2.05) is 20.8 Å². The summed E-state index contributed by atoms with van der Waals surface area (Å²) in [5.41, 5.74) is 5.18. The van der Waals surface area contributed by atoms with Gasteiger partial charge in [0, 0.05) is 86.9 Å². The average molecular weight is 1750 g/mol. The SMILES string of the molecule is CSS[C@@H](C)O[C@@H]1C[C@H](n2cc(C#CCNC(=O)COCCOC(COc3cccc(C(=O)NCCNC(=O)c4ccc(C(=O)O)c(C5=c6cc7c(cc6Oc6cc8c(cc65)C(CS(=O)(=O)[O-])=CC(C)(C)N8)=NC(C)(C)C=C7CS(=O)(=O)[O-])c4)c3)SSC(C)(C)C)c3c(N)ncnc32)O[C@@H]1COP(=O)([O-])OP(=O)([O-])OP(=O)([O-])O. The van der Waals surface area contributed by atoms with E-state index in [1.165, 1.54) is 109 Å². The maximum absolute atomic E-state index is 14.2. The summed E-state index contributed by atoms with van der Waals surface area (Å²) in [6, 6.07) is 16.3. The summed E-state index contributed by atoms with van der Waals surface area (Å²) < 4.78 is 159. The minimum Gasteiger partial charge on any atom is -0.756 e. The van der Waals surface area contributed by atoms with Gasteiger partial charge in [-0.2, -0.15) is 0 Å². The van der Waals surface area contributed by atoms with E-state index in [0.717, 1.165) is 0 Å². The zero-order valence-corrected chi connectivity index (χ0v) is 69.7. The minimum absolute atomic E-state index is 0.00676. The number of anilines is 2. The molecule has 4 aliphatic heterocycles. The third kappa shape index (κ3) is 24.7. The predicted molar refractivity (Wildman–Crippen MR) is 417 cm³/mol. The summed E-state index contributed by atoms with van der Waals surface area (Å²) in [7, 11) is -22.2. The second-order valence-electron chi connectivity index (χ2n) is 27.8. The molecule has 4 aliphatic rings. The number of carboxylic acids is 1. The number of carbonyl (C=O) groups is 4. The summed E-state index contributed by atoms with van der Waals surface area (Å²) in [4.78, 5) is 111. The lowest BCUT2D eigenvalue weighted by Gasteiger charge is -2.34. The normalized spacial score (nSPS) is 18.9. The number of carbonyl (C=O) groups excluding carboxylic acids is 3. The quantitative estimate of drug-likeness (QED) is 0.00665. The number of nitrogens with two attached hydrogens (primary N) is 1. The zero-order chi connectivity index (χ0) is 83.3. The smallest absolute Gasteiger partial charge is 0.336 e. The molecule has 0 saturated carbocycles. The molecule has 0 spiro atoms. The molecule has 6 aromatic rings. The van der Waals surface area contributed by atoms with Crippen LogP contribution < -0.4 is 61.7 Å². The van der Waals surface area contributed by atoms with Crippen LogP contribution in [0.4, 0.5) is 11.5 Å². The van der Waals surface area contributed by atoms with Gasteiger partial charge in [-0.05, 0) is 106 Å². The van der Waals surface area contributed by atoms with Gasteiger partial charge in [0.1, 0.15) is 71.5 Å². The van der Waals surface area contributed by atoms with E-state index >= 15 is 0 Å². The first kappa shape index (κ1) is 89.1. The molecule has 8 N–H and O–H groups in total. The highest BCUT2D eigenvalue weighted by Crippen LogP contribution is 2.62. The van der Waals surface area contributed by atoms with Crippen LogP contribution in [-0.2, 0) is 70.8 Å². The van der Waals surface area contributed by atoms with Gasteiger partial charge in [-0.3, -0.25) is 33.1 Å². The summed E-state index contributed by atoms with van der Waals surface area (Å²) >= 11 is 0. The number of amides is 3. The van der Waals surface area contributed by atoms with Crippen LogP contribution in [0.15, 0.2) is 96.4 Å². The van der Waals surface area contributed by atoms with Crippen molar-refractivity contribution in [2.24, 2.45) is 4.99 Å². The molecule has 616 valence electrons. The number of aromatic nitrogens is 3. The number of fused-ring (bicyclic) bond motifs is 5. The minimum atomic E-state index is -6.18. The molecule has 1 saturated heterocycles. The molecule has 36 nitrogen and oxygen atoms in total. The molecule has 4 unspecified atom stereocenters. The predicted octanol–water partition coefficient (Wildman–Crippen LogP) is 5.26. The number of phosphoric ester groups is 1. The van der Waals surface area contributed by atoms with Crippen LogP contribution in [0.1, 0.15) is 127 Å². The van der Waals surface area contributed by atoms with E-state index in [9.17, 15) is 78.6 Å². The zero-order valence-electron chi connectivity index (χ0n) is 62.1. The highest BCUT2D eigenvalue weighted by atomic mass is 33.1. The van der Waals surface area contributed by atoms with Crippen LogP contribution in [0, 0.1) is 11.8 Å². The van der Waals surface area contributed by atoms with Crippen LogP contribution in [-0.4, -0.2) is 184 Å². The lowest BCUT2D eigenvalue weighted by molar-refractivity contribution is -0.250. The van der Waals surface area contributed by atoms with Gasteiger partial charge >= 0.3 is 5.97 Å². The van der Waals surface area contributed by atoms with E-state index in [4.69, 9.17) is 48.6 Å². The van der Waals surface area contributed by atoms with E-state index < -0.39 is 126 Å². The van der Waals surface area contributed by atoms with Crippen LogP contribution >= 0.6 is 66.6 Å². The van der Waals surface area contributed by atoms with Crippen LogP contribution in [0.25, 0.3) is 27.8 Å². The lowest BCUT2D eigenvalue weighted by Crippen LogP contribution is -2.35. The number of phosphoric acid groups is 3. The molecule has 8 atom stereocenters. The fourth-order valence-corrected chi connectivity index (χ4v) is 20.1. The molecule has 2 aromatic heterocycles. The lowest BCUT2D eigenvalue weighted by atomic mass is 9.84. The van der Waals surface area contributed by atoms with Crippen molar-refractivity contribution in [1.82, 2.24) is 30.5 Å². The molecule has 0 aliphatic carbocycles. The van der Waals surface area contributed by atoms with Crippen molar-refractivity contribution >= 4 is 150 Å². The van der Waals surface area contributed by atoms with Crippen molar-refractivity contribution < 1.29 is 125 Å². The number of benzene rings is 4. The first-order valence-corrected chi connectivity index (χ1v) is 46.7. The van der Waals surface area contributed by atoms with Crippen molar-refractivity contribution in [1.29, 1.82) is 0 Å². The second kappa shape index (κ2) is 36.3. The molecular weight excluding hydrogens is 1670 g/mol. The van der Waals surface area contributed by atoms with Gasteiger partial charge in [-0.1, -0.05) is 94.0 Å². The molecule has 3 amide bonds. The standard InChI is InChI=1S/C69H82N9O27P3S6/c1-38(110-109-9)101-55-28-58(103-56(55)32-100-107(87,88)105-108(89,90)104-106(84,85)86)78-31-41(60-62(70)74-37-75-63(60)78)13-11-17-71-57(79)33-97-20-21-98-59(111-112-67(2,3)4)34-99-44-14-10-12-39(22-44)64(80)72-18-19-73-65(81)40-15-16-45(66(82)83)48(23-40)61-49-24-46-42(35-113(91,92)93)29-68(5,6)76-51(46)26-53(49)102-54-27-52-47(25-50(54)61)43(36-114(94,95)96)30-69(7,8)77-52/h10,12,14-16,22-27,29-31,37-38,55-56,58-59,76H,17-21,28,32-36H2,1-9H3,(H,71,79)(H,72,80)(H,73,81)(H,82,83)(H,87,88)(H,89,90)(H2,70,74,75)(H2,84,85,86)(H,91,92,93)(H,94,95,96)/p-5/t38-,55+,56+,58+,59?/m0/s1. The number of ether oxygens (including phenoxy) is 6. The highest BCUT2D eigenvalue weighted by molar-refractivity contribution is 8.77. The fourth-order valence-electron chi connectivity index (χ4n) is 12.4. The highest BCUT2D eigenvalue weighted by Gasteiger charge is 2.41. The largest absolute Gasteiger partial charge is 0.756 e. The van der Waals surface area contributed by atoms with Gasteiger partial charge in [-0.15, -0.1) is 0 Å². The van der Waals surface area contributed by atoms with Gasteiger partial charge < -0.3 is 98.3 Å². The van der Waals surface area contributed by atoms with Gasteiger partial charge in [0.25, 0.3) is 35.3 Å². The summed E-state index contributed by atoms with van der Waals surface area (Å²) in [5.74, 6) is 1.42. The topological polar surface area (TPSA) is 544 Å². The Labute approximate surface area is 670 Å². The van der Waals surface area contributed by atoms with Crippen LogP contribution in [0.3, 0.4) is 0 Å². The van der Waals surface area contributed by atoms with Crippen LogP contribution in [0.2, 0.25) is 0 Å². The van der Waals surface area contributed by atoms with Crippen molar-refractivity contribution in [2.45, 2.75) is 107 Å². The third-order valence-corrected chi connectivity index (χ3v) is 27.0. The van der Waals surface area contributed by atoms with Gasteiger partial charge in [-0.25, -0.2) is 40.2 Å². The molecule has 45 heteroatoms. The Balaban J connectivity index is 0.743. The fraction of sp³-hybridized carbons (Fsp3) is 0.406. The first-order valence-electron chi connectivity index (χ1n) is 34.2. The molecule has 6 heterocycles. The summed E-state index contributed by atoms with van der Waals surface area (Å²) in [6.45, 7) is 13.1. The van der Waals surface area contributed by atoms with E-state index in [-0.39, 0.29) is 146 Å². The number of aromatic carboxylic acids is 1. The molecule has 4 aromatic carbocycles. The summed E-state index contributed by atoms with van der Waals surface area (Å²) in [5, 5.41) is 23.0. The number of nitrogens with one attached hydrogen (secondary N) is 4. The Morgan fingerprint density at radius 3 is 2.20 bits per heavy atom. The maximum Gasteiger partial charge on any atom is 0.336 e. The van der Waals surface area contributed by atoms with Crippen molar-refractivity contribution in [3.63, 3.8) is 0 Å². The van der Waals surface area contributed by atoms with E-state index in [1.54, 1.807) is 71.2 Å². The Morgan fingerprint density at radius 2 is 1.54 bits per heavy atom. The Hall–Kier alpha value is -7.24. The maximum atomic E-state index is 14.2. The van der Waals surface area contributed by atoms with Crippen molar-refractivity contribution in [3.8, 4) is 29.1 Å². The molecule has 10 rings (SSSR count). The van der Waals surface area contributed by atoms with Gasteiger partial charge in [0.05, 0.1) is 97.2 Å². The van der Waals surface area contributed by atoms with E-state index in [2.05, 4.69) is 51.7 Å². The first-order chi connectivity index (χ1) is 53.2. The molecular formula is C69H77N9O27P3S6-5. The number of carboxylic acid groups (broad SMARTS) is 1. The molecule has 0 bridgehead atoms. The number of nitrogens with zero attached hydrogens (tertiary/aromatic N) is 4. The van der Waals surface area contributed by atoms with Crippen molar-refractivity contribution in [3.05, 3.63) is 146 Å². The Morgan fingerprint density at radius 1 is 0.842 bits per heavy atom.